The first-order valence-electron chi connectivity index (χ1n) is 8.25. The van der Waals surface area contributed by atoms with Gasteiger partial charge in [0.15, 0.2) is 0 Å². The van der Waals surface area contributed by atoms with Gasteiger partial charge in [-0.25, -0.2) is 4.39 Å². The van der Waals surface area contributed by atoms with E-state index < -0.39 is 0 Å². The summed E-state index contributed by atoms with van der Waals surface area (Å²) in [5, 5.41) is 0. The van der Waals surface area contributed by atoms with E-state index in [0.717, 1.165) is 43.7 Å². The predicted molar refractivity (Wildman–Crippen MR) is 88.7 cm³/mol. The van der Waals surface area contributed by atoms with Crippen molar-refractivity contribution in [1.82, 2.24) is 9.88 Å². The van der Waals surface area contributed by atoms with Crippen molar-refractivity contribution in [3.05, 3.63) is 65.2 Å². The van der Waals surface area contributed by atoms with Gasteiger partial charge in [-0.15, -0.1) is 0 Å². The van der Waals surface area contributed by atoms with Crippen LogP contribution in [-0.4, -0.2) is 35.7 Å². The molecule has 3 rings (SSSR count). The Kier molecular flexibility index (Phi) is 5.36. The van der Waals surface area contributed by atoms with Crippen molar-refractivity contribution in [3.63, 3.8) is 0 Å². The Hall–Kier alpha value is -1.78. The van der Waals surface area contributed by atoms with Crippen molar-refractivity contribution in [3.8, 4) is 0 Å². The molecule has 122 valence electrons. The molecule has 1 saturated heterocycles. The molecule has 23 heavy (non-hydrogen) atoms. The molecule has 0 saturated carbocycles. The minimum absolute atomic E-state index is 0.112. The van der Waals surface area contributed by atoms with E-state index in [1.807, 2.05) is 12.3 Å². The van der Waals surface area contributed by atoms with Gasteiger partial charge in [0.05, 0.1) is 18.4 Å². The largest absolute Gasteiger partial charge is 0.375 e. The number of rotatable bonds is 5. The molecular formula is C19H23FN2O. The molecular weight excluding hydrogens is 291 g/mol. The summed E-state index contributed by atoms with van der Waals surface area (Å²) >= 11 is 0. The van der Waals surface area contributed by atoms with Crippen LogP contribution < -0.4 is 0 Å². The number of hydrogen-bond donors (Lipinski definition) is 0. The fourth-order valence-electron chi connectivity index (χ4n) is 2.96. The molecule has 0 aliphatic carbocycles. The number of morpholine rings is 1. The lowest BCUT2D eigenvalue weighted by Gasteiger charge is -2.32. The number of hydrogen-bond acceptors (Lipinski definition) is 3. The van der Waals surface area contributed by atoms with Crippen LogP contribution in [0.2, 0.25) is 0 Å². The zero-order chi connectivity index (χ0) is 16.1. The predicted octanol–water partition coefficient (Wildman–Crippen LogP) is 3.23. The second-order valence-corrected chi connectivity index (χ2v) is 6.07. The van der Waals surface area contributed by atoms with Crippen LogP contribution in [0, 0.1) is 5.82 Å². The summed E-state index contributed by atoms with van der Waals surface area (Å²) in [4.78, 5) is 6.89. The maximum atomic E-state index is 13.3. The second kappa shape index (κ2) is 7.66. The fraction of sp³-hybridized carbons (Fsp3) is 0.421. The lowest BCUT2D eigenvalue weighted by atomic mass is 10.1. The van der Waals surface area contributed by atoms with Crippen LogP contribution in [0.1, 0.15) is 23.7 Å². The third kappa shape index (κ3) is 4.60. The molecule has 0 spiro atoms. The molecule has 3 nitrogen and oxygen atoms in total. The van der Waals surface area contributed by atoms with Gasteiger partial charge in [0, 0.05) is 25.8 Å². The van der Waals surface area contributed by atoms with Gasteiger partial charge < -0.3 is 4.74 Å². The topological polar surface area (TPSA) is 25.4 Å². The normalized spacial score (nSPS) is 19.0. The van der Waals surface area contributed by atoms with Crippen molar-refractivity contribution >= 4 is 0 Å². The number of ether oxygens (including phenoxy) is 1. The Balaban J connectivity index is 1.57. The van der Waals surface area contributed by atoms with Crippen LogP contribution in [0.15, 0.2) is 42.6 Å². The molecule has 1 fully saturated rings. The van der Waals surface area contributed by atoms with Crippen molar-refractivity contribution in [2.45, 2.75) is 32.4 Å². The summed E-state index contributed by atoms with van der Waals surface area (Å²) in [6.45, 7) is 5.46. The zero-order valence-corrected chi connectivity index (χ0v) is 13.5. The summed E-state index contributed by atoms with van der Waals surface area (Å²) in [6, 6.07) is 11.0. The van der Waals surface area contributed by atoms with E-state index in [1.165, 1.54) is 11.6 Å². The highest BCUT2D eigenvalue weighted by atomic mass is 19.1. The number of aryl methyl sites for hydroxylation is 1. The van der Waals surface area contributed by atoms with E-state index >= 15 is 0 Å². The van der Waals surface area contributed by atoms with Gasteiger partial charge in [0.2, 0.25) is 0 Å². The van der Waals surface area contributed by atoms with Gasteiger partial charge in [0.25, 0.3) is 0 Å². The van der Waals surface area contributed by atoms with Gasteiger partial charge in [-0.1, -0.05) is 25.1 Å². The highest BCUT2D eigenvalue weighted by Gasteiger charge is 2.21. The number of pyridine rings is 1. The molecule has 0 N–H and O–H groups in total. The molecule has 1 aliphatic rings. The standard InChI is InChI=1S/C19H23FN2O/c1-2-15-6-7-18(21-12-15)13-22-8-9-23-19(14-22)11-16-4-3-5-17(20)10-16/h3-7,10,12,19H,2,8-9,11,13-14H2,1H3/t19-/m1/s1. The molecule has 1 aliphatic heterocycles. The molecule has 1 aromatic carbocycles. The Morgan fingerprint density at radius 1 is 1.26 bits per heavy atom. The smallest absolute Gasteiger partial charge is 0.123 e. The van der Waals surface area contributed by atoms with Crippen LogP contribution in [0.5, 0.6) is 0 Å². The van der Waals surface area contributed by atoms with Crippen LogP contribution in [-0.2, 0) is 24.1 Å². The van der Waals surface area contributed by atoms with Gasteiger partial charge in [-0.05, 0) is 42.2 Å². The molecule has 1 aromatic heterocycles. The third-order valence-corrected chi connectivity index (χ3v) is 4.26. The monoisotopic (exact) mass is 314 g/mol. The van der Waals surface area contributed by atoms with Crippen LogP contribution in [0.25, 0.3) is 0 Å². The first-order valence-corrected chi connectivity index (χ1v) is 8.25. The third-order valence-electron chi connectivity index (χ3n) is 4.26. The summed E-state index contributed by atoms with van der Waals surface area (Å²) in [5.41, 5.74) is 3.34. The van der Waals surface area contributed by atoms with Crippen LogP contribution in [0.4, 0.5) is 4.39 Å². The summed E-state index contributed by atoms with van der Waals surface area (Å²) in [6.07, 6.45) is 3.83. The molecule has 1 atom stereocenters. The average Bonchev–Trinajstić information content (AvgIpc) is 2.56. The fourth-order valence-corrected chi connectivity index (χ4v) is 2.96. The Bertz CT molecular complexity index is 630. The van der Waals surface area contributed by atoms with Crippen molar-refractivity contribution in [2.24, 2.45) is 0 Å². The Morgan fingerprint density at radius 2 is 2.17 bits per heavy atom. The molecule has 4 heteroatoms. The molecule has 0 unspecified atom stereocenters. The van der Waals surface area contributed by atoms with Crippen molar-refractivity contribution in [1.29, 1.82) is 0 Å². The van der Waals surface area contributed by atoms with Gasteiger partial charge in [-0.2, -0.15) is 0 Å². The van der Waals surface area contributed by atoms with Gasteiger partial charge >= 0.3 is 0 Å². The number of benzene rings is 1. The highest BCUT2D eigenvalue weighted by molar-refractivity contribution is 5.17. The van der Waals surface area contributed by atoms with Crippen LogP contribution in [0.3, 0.4) is 0 Å². The van der Waals surface area contributed by atoms with E-state index in [0.29, 0.717) is 6.61 Å². The van der Waals surface area contributed by atoms with E-state index in [9.17, 15) is 4.39 Å². The molecule has 2 aromatic rings. The van der Waals surface area contributed by atoms with Crippen LogP contribution >= 0.6 is 0 Å². The molecule has 0 bridgehead atoms. The first-order chi connectivity index (χ1) is 11.2. The quantitative estimate of drug-likeness (QED) is 0.847. The number of nitrogens with zero attached hydrogens (tertiary/aromatic N) is 2. The average molecular weight is 314 g/mol. The maximum Gasteiger partial charge on any atom is 0.123 e. The highest BCUT2D eigenvalue weighted by Crippen LogP contribution is 2.15. The Labute approximate surface area is 137 Å². The van der Waals surface area contributed by atoms with E-state index in [-0.39, 0.29) is 11.9 Å². The van der Waals surface area contributed by atoms with Crippen molar-refractivity contribution in [2.75, 3.05) is 19.7 Å². The van der Waals surface area contributed by atoms with Crippen molar-refractivity contribution < 1.29 is 9.13 Å². The minimum atomic E-state index is -0.185. The number of aromatic nitrogens is 1. The van der Waals surface area contributed by atoms with E-state index in [1.54, 1.807) is 12.1 Å². The van der Waals surface area contributed by atoms with Gasteiger partial charge in [0.1, 0.15) is 5.82 Å². The maximum absolute atomic E-state index is 13.3. The minimum Gasteiger partial charge on any atom is -0.375 e. The number of halogens is 1. The summed E-state index contributed by atoms with van der Waals surface area (Å²) in [5.74, 6) is -0.185. The Morgan fingerprint density at radius 3 is 2.91 bits per heavy atom. The molecule has 0 amide bonds. The molecule has 0 radical (unpaired) electrons. The summed E-state index contributed by atoms with van der Waals surface area (Å²) < 4.78 is 19.1. The molecule has 2 heterocycles. The lowest BCUT2D eigenvalue weighted by Crippen LogP contribution is -2.43. The SMILES string of the molecule is CCc1ccc(CN2CCO[C@H](Cc3cccc(F)c3)C2)nc1. The second-order valence-electron chi connectivity index (χ2n) is 6.07. The summed E-state index contributed by atoms with van der Waals surface area (Å²) in [7, 11) is 0. The zero-order valence-electron chi connectivity index (χ0n) is 13.5. The van der Waals surface area contributed by atoms with Gasteiger partial charge in [-0.3, -0.25) is 9.88 Å². The van der Waals surface area contributed by atoms with E-state index in [2.05, 4.69) is 28.9 Å². The lowest BCUT2D eigenvalue weighted by molar-refractivity contribution is -0.0308. The van der Waals surface area contributed by atoms with E-state index in [4.69, 9.17) is 4.74 Å². The first kappa shape index (κ1) is 16.1.